The van der Waals surface area contributed by atoms with Crippen molar-refractivity contribution in [1.29, 1.82) is 0 Å². The van der Waals surface area contributed by atoms with Gasteiger partial charge in [0.05, 0.1) is 0 Å². The number of rotatable bonds is 7. The Morgan fingerprint density at radius 2 is 1.72 bits per heavy atom. The van der Waals surface area contributed by atoms with Gasteiger partial charge in [-0.25, -0.2) is 0 Å². The van der Waals surface area contributed by atoms with E-state index in [9.17, 15) is 0 Å². The van der Waals surface area contributed by atoms with Crippen LogP contribution in [0.25, 0.3) is 0 Å². The molecular weight excluding hydrogens is 262 g/mol. The summed E-state index contributed by atoms with van der Waals surface area (Å²) in [6.07, 6.45) is 15.0. The summed E-state index contributed by atoms with van der Waals surface area (Å²) in [6.45, 7) is 2.70. The van der Waals surface area contributed by atoms with Gasteiger partial charge in [-0.15, -0.1) is 24.2 Å². The van der Waals surface area contributed by atoms with Gasteiger partial charge in [0, 0.05) is 18.2 Å². The van der Waals surface area contributed by atoms with E-state index in [0.29, 0.717) is 0 Å². The molecule has 1 heterocycles. The molecule has 1 aliphatic heterocycles. The third kappa shape index (κ3) is 6.68. The van der Waals surface area contributed by atoms with E-state index >= 15 is 0 Å². The van der Waals surface area contributed by atoms with Crippen molar-refractivity contribution in [3.05, 3.63) is 0 Å². The molecule has 0 unspecified atom stereocenters. The first kappa shape index (κ1) is 16.7. The summed E-state index contributed by atoms with van der Waals surface area (Å²) in [6, 6.07) is 0. The monoisotopic (exact) mass is 291 g/mol. The van der Waals surface area contributed by atoms with Gasteiger partial charge >= 0.3 is 0 Å². The molecule has 2 rings (SSSR count). The molecule has 108 valence electrons. The third-order valence-corrected chi connectivity index (χ3v) is 5.41. The second-order valence-electron chi connectivity index (χ2n) is 5.86. The molecule has 1 saturated carbocycles. The predicted octanol–water partition coefficient (Wildman–Crippen LogP) is 4.95. The Bertz CT molecular complexity index is 189. The van der Waals surface area contributed by atoms with Gasteiger partial charge < -0.3 is 0 Å². The zero-order valence-electron chi connectivity index (χ0n) is 11.7. The van der Waals surface area contributed by atoms with Gasteiger partial charge in [-0.2, -0.15) is 0 Å². The number of hydrogen-bond acceptors (Lipinski definition) is 2. The van der Waals surface area contributed by atoms with E-state index in [1.165, 1.54) is 88.9 Å². The number of nitrogens with zero attached hydrogens (tertiary/aromatic N) is 1. The molecule has 1 saturated heterocycles. The van der Waals surface area contributed by atoms with Gasteiger partial charge in [0.2, 0.25) is 0 Å². The van der Waals surface area contributed by atoms with Crippen molar-refractivity contribution in [3.63, 3.8) is 0 Å². The SMILES string of the molecule is C(CCCN1CCSC1)CCC1CCCCC1.Cl. The Morgan fingerprint density at radius 3 is 2.44 bits per heavy atom. The molecule has 18 heavy (non-hydrogen) atoms. The lowest BCUT2D eigenvalue weighted by Gasteiger charge is -2.21. The van der Waals surface area contributed by atoms with Crippen LogP contribution < -0.4 is 0 Å². The molecule has 0 spiro atoms. The van der Waals surface area contributed by atoms with Gasteiger partial charge in [0.15, 0.2) is 0 Å². The maximum Gasteiger partial charge on any atom is 0.0445 e. The van der Waals surface area contributed by atoms with Crippen molar-refractivity contribution < 1.29 is 0 Å². The molecule has 2 aliphatic rings. The molecule has 3 heteroatoms. The highest BCUT2D eigenvalue weighted by Gasteiger charge is 2.13. The standard InChI is InChI=1S/C15H29NS.ClH/c1(2-7-11-16-12-13-17-14-16)4-8-15-9-5-3-6-10-15;/h15H,1-14H2;1H. The summed E-state index contributed by atoms with van der Waals surface area (Å²) in [7, 11) is 0. The highest BCUT2D eigenvalue weighted by molar-refractivity contribution is 7.99. The molecule has 0 radical (unpaired) electrons. The zero-order valence-corrected chi connectivity index (χ0v) is 13.4. The average Bonchev–Trinajstić information content (AvgIpc) is 2.88. The molecule has 0 N–H and O–H groups in total. The summed E-state index contributed by atoms with van der Waals surface area (Å²) in [4.78, 5) is 2.62. The van der Waals surface area contributed by atoms with Crippen LogP contribution in [0, 0.1) is 5.92 Å². The van der Waals surface area contributed by atoms with Gasteiger partial charge in [-0.1, -0.05) is 57.8 Å². The minimum atomic E-state index is 0. The Morgan fingerprint density at radius 1 is 0.944 bits per heavy atom. The second-order valence-corrected chi connectivity index (χ2v) is 6.94. The highest BCUT2D eigenvalue weighted by atomic mass is 35.5. The van der Waals surface area contributed by atoms with Crippen molar-refractivity contribution in [2.75, 3.05) is 24.7 Å². The highest BCUT2D eigenvalue weighted by Crippen LogP contribution is 2.28. The summed E-state index contributed by atoms with van der Waals surface area (Å²) in [5.74, 6) is 3.75. The molecule has 2 fully saturated rings. The molecule has 0 atom stereocenters. The Hall–Kier alpha value is 0.600. The fraction of sp³-hybridized carbons (Fsp3) is 1.00. The Balaban J connectivity index is 0.00000162. The number of thioether (sulfide) groups is 1. The van der Waals surface area contributed by atoms with Crippen molar-refractivity contribution in [2.24, 2.45) is 5.92 Å². The second kappa shape index (κ2) is 10.4. The molecular formula is C15H30ClNS. The molecule has 0 aromatic carbocycles. The maximum atomic E-state index is 2.62. The Kier molecular flexibility index (Phi) is 9.62. The zero-order chi connectivity index (χ0) is 11.8. The first-order valence-corrected chi connectivity index (χ1v) is 8.91. The van der Waals surface area contributed by atoms with Crippen molar-refractivity contribution >= 4 is 24.2 Å². The lowest BCUT2D eigenvalue weighted by molar-refractivity contribution is 0.320. The molecule has 0 aromatic heterocycles. The minimum absolute atomic E-state index is 0. The summed E-state index contributed by atoms with van der Waals surface area (Å²) in [5.41, 5.74) is 0. The largest absolute Gasteiger partial charge is 0.293 e. The maximum absolute atomic E-state index is 2.62. The molecule has 0 aromatic rings. The van der Waals surface area contributed by atoms with Crippen LogP contribution in [0.2, 0.25) is 0 Å². The number of hydrogen-bond donors (Lipinski definition) is 0. The topological polar surface area (TPSA) is 3.24 Å². The fourth-order valence-electron chi connectivity index (χ4n) is 3.23. The van der Waals surface area contributed by atoms with E-state index in [2.05, 4.69) is 16.7 Å². The van der Waals surface area contributed by atoms with E-state index in [1.54, 1.807) is 0 Å². The van der Waals surface area contributed by atoms with E-state index in [4.69, 9.17) is 0 Å². The van der Waals surface area contributed by atoms with Crippen LogP contribution in [0.5, 0.6) is 0 Å². The van der Waals surface area contributed by atoms with Crippen LogP contribution in [0.4, 0.5) is 0 Å². The third-order valence-electron chi connectivity index (χ3n) is 4.39. The average molecular weight is 292 g/mol. The number of unbranched alkanes of at least 4 members (excludes halogenated alkanes) is 3. The summed E-state index contributed by atoms with van der Waals surface area (Å²) >= 11 is 2.10. The van der Waals surface area contributed by atoms with Gasteiger partial charge in [0.1, 0.15) is 0 Å². The summed E-state index contributed by atoms with van der Waals surface area (Å²) in [5, 5.41) is 0. The first-order chi connectivity index (χ1) is 8.45. The molecule has 1 aliphatic carbocycles. The first-order valence-electron chi connectivity index (χ1n) is 7.75. The van der Waals surface area contributed by atoms with Gasteiger partial charge in [-0.05, 0) is 18.9 Å². The van der Waals surface area contributed by atoms with Crippen LogP contribution in [0.15, 0.2) is 0 Å². The van der Waals surface area contributed by atoms with E-state index in [1.807, 2.05) is 0 Å². The van der Waals surface area contributed by atoms with Crippen molar-refractivity contribution in [1.82, 2.24) is 4.90 Å². The molecule has 0 bridgehead atoms. The van der Waals surface area contributed by atoms with Crippen molar-refractivity contribution in [3.8, 4) is 0 Å². The fourth-order valence-corrected chi connectivity index (χ4v) is 4.26. The van der Waals surface area contributed by atoms with Crippen LogP contribution in [-0.2, 0) is 0 Å². The van der Waals surface area contributed by atoms with Gasteiger partial charge in [0.25, 0.3) is 0 Å². The smallest absolute Gasteiger partial charge is 0.0445 e. The summed E-state index contributed by atoms with van der Waals surface area (Å²) < 4.78 is 0. The number of halogens is 1. The quantitative estimate of drug-likeness (QED) is 0.611. The van der Waals surface area contributed by atoms with E-state index in [-0.39, 0.29) is 12.4 Å². The minimum Gasteiger partial charge on any atom is -0.293 e. The lowest BCUT2D eigenvalue weighted by atomic mass is 9.85. The Labute approximate surface area is 124 Å². The predicted molar refractivity (Wildman–Crippen MR) is 85.8 cm³/mol. The van der Waals surface area contributed by atoms with Crippen LogP contribution in [0.1, 0.15) is 64.2 Å². The van der Waals surface area contributed by atoms with Crippen molar-refractivity contribution in [2.45, 2.75) is 64.2 Å². The van der Waals surface area contributed by atoms with E-state index in [0.717, 1.165) is 5.92 Å². The van der Waals surface area contributed by atoms with Gasteiger partial charge in [-0.3, -0.25) is 4.90 Å². The molecule has 1 nitrogen and oxygen atoms in total. The van der Waals surface area contributed by atoms with E-state index < -0.39 is 0 Å². The van der Waals surface area contributed by atoms with Crippen LogP contribution in [0.3, 0.4) is 0 Å². The lowest BCUT2D eigenvalue weighted by Crippen LogP contribution is -2.20. The van der Waals surface area contributed by atoms with Crippen LogP contribution >= 0.6 is 24.2 Å². The normalized spacial score (nSPS) is 22.0. The van der Waals surface area contributed by atoms with Crippen LogP contribution in [-0.4, -0.2) is 29.6 Å². The molecule has 0 amide bonds.